The van der Waals surface area contributed by atoms with Crippen molar-refractivity contribution in [1.82, 2.24) is 15.1 Å². The van der Waals surface area contributed by atoms with Gasteiger partial charge in [-0.1, -0.05) is 0 Å². The third kappa shape index (κ3) is 1.55. The van der Waals surface area contributed by atoms with Crippen LogP contribution in [0, 0.1) is 0 Å². The predicted molar refractivity (Wildman–Crippen MR) is 45.3 cm³/mol. The molecule has 0 spiro atoms. The summed E-state index contributed by atoms with van der Waals surface area (Å²) in [5, 5.41) is 6.75. The number of ether oxygens (including phenoxy) is 1. The van der Waals surface area contributed by atoms with Gasteiger partial charge in [-0.2, -0.15) is 5.10 Å². The van der Waals surface area contributed by atoms with E-state index in [0.717, 1.165) is 0 Å². The first kappa shape index (κ1) is 8.25. The van der Waals surface area contributed by atoms with E-state index in [4.69, 9.17) is 4.74 Å². The summed E-state index contributed by atoms with van der Waals surface area (Å²) in [4.78, 5) is 11.5. The van der Waals surface area contributed by atoms with Gasteiger partial charge in [0, 0.05) is 13.2 Å². The Morgan fingerprint density at radius 2 is 2.54 bits per heavy atom. The lowest BCUT2D eigenvalue weighted by Gasteiger charge is -2.26. The first-order valence-corrected chi connectivity index (χ1v) is 4.14. The van der Waals surface area contributed by atoms with Crippen LogP contribution in [0.1, 0.15) is 10.5 Å². The van der Waals surface area contributed by atoms with Crippen LogP contribution in [0.15, 0.2) is 12.3 Å². The molecule has 1 aliphatic rings. The number of carbonyl (C=O) groups is 1. The average Bonchev–Trinajstić information content (AvgIpc) is 2.43. The molecule has 0 aliphatic carbocycles. The third-order valence-corrected chi connectivity index (χ3v) is 2.03. The highest BCUT2D eigenvalue weighted by atomic mass is 16.5. The quantitative estimate of drug-likeness (QED) is 0.672. The Balaban J connectivity index is 2.00. The van der Waals surface area contributed by atoms with E-state index in [0.29, 0.717) is 18.9 Å². The Labute approximate surface area is 75.7 Å². The standard InChI is InChI=1S/C8H11N3O2/c1-11-7(2-3-9-11)8(12)10-6-4-13-5-6/h2-3,6H,4-5H2,1H3,(H,10,12). The second kappa shape index (κ2) is 3.18. The summed E-state index contributed by atoms with van der Waals surface area (Å²) in [7, 11) is 1.74. The molecule has 5 nitrogen and oxygen atoms in total. The van der Waals surface area contributed by atoms with Gasteiger partial charge in [-0.25, -0.2) is 0 Å². The lowest BCUT2D eigenvalue weighted by molar-refractivity contribution is -0.00362. The Morgan fingerprint density at radius 3 is 3.00 bits per heavy atom. The summed E-state index contributed by atoms with van der Waals surface area (Å²) >= 11 is 0. The van der Waals surface area contributed by atoms with Gasteiger partial charge >= 0.3 is 0 Å². The molecule has 1 aromatic rings. The maximum Gasteiger partial charge on any atom is 0.269 e. The molecule has 5 heteroatoms. The van der Waals surface area contributed by atoms with Gasteiger partial charge < -0.3 is 10.1 Å². The number of nitrogens with zero attached hydrogens (tertiary/aromatic N) is 2. The molecule has 0 radical (unpaired) electrons. The Hall–Kier alpha value is -1.36. The van der Waals surface area contributed by atoms with Crippen LogP contribution in [0.2, 0.25) is 0 Å². The number of aromatic nitrogens is 2. The first-order valence-electron chi connectivity index (χ1n) is 4.14. The zero-order valence-electron chi connectivity index (χ0n) is 7.36. The van der Waals surface area contributed by atoms with E-state index in [1.807, 2.05) is 0 Å². The van der Waals surface area contributed by atoms with Crippen LogP contribution in [-0.4, -0.2) is 34.9 Å². The van der Waals surface area contributed by atoms with Crippen molar-refractivity contribution in [2.75, 3.05) is 13.2 Å². The molecule has 0 bridgehead atoms. The molecular weight excluding hydrogens is 170 g/mol. The van der Waals surface area contributed by atoms with Gasteiger partial charge in [0.15, 0.2) is 0 Å². The number of hydrogen-bond acceptors (Lipinski definition) is 3. The minimum atomic E-state index is -0.0895. The maximum atomic E-state index is 11.5. The Morgan fingerprint density at radius 1 is 1.77 bits per heavy atom. The van der Waals surface area contributed by atoms with E-state index in [1.165, 1.54) is 0 Å². The molecule has 1 saturated heterocycles. The van der Waals surface area contributed by atoms with Crippen LogP contribution < -0.4 is 5.32 Å². The van der Waals surface area contributed by atoms with Crippen molar-refractivity contribution in [2.24, 2.45) is 7.05 Å². The zero-order valence-corrected chi connectivity index (χ0v) is 7.36. The van der Waals surface area contributed by atoms with Crippen molar-refractivity contribution < 1.29 is 9.53 Å². The molecule has 1 aromatic heterocycles. The molecule has 1 fully saturated rings. The fourth-order valence-electron chi connectivity index (χ4n) is 1.18. The van der Waals surface area contributed by atoms with Crippen LogP contribution in [0.5, 0.6) is 0 Å². The maximum absolute atomic E-state index is 11.5. The highest BCUT2D eigenvalue weighted by Crippen LogP contribution is 2.02. The van der Waals surface area contributed by atoms with Gasteiger partial charge in [0.05, 0.1) is 19.3 Å². The summed E-state index contributed by atoms with van der Waals surface area (Å²) in [5.41, 5.74) is 0.576. The van der Waals surface area contributed by atoms with Crippen LogP contribution in [0.25, 0.3) is 0 Å². The minimum Gasteiger partial charge on any atom is -0.377 e. The zero-order chi connectivity index (χ0) is 9.26. The van der Waals surface area contributed by atoms with Crippen molar-refractivity contribution in [2.45, 2.75) is 6.04 Å². The van der Waals surface area contributed by atoms with Crippen molar-refractivity contribution in [3.05, 3.63) is 18.0 Å². The topological polar surface area (TPSA) is 56.2 Å². The van der Waals surface area contributed by atoms with E-state index in [-0.39, 0.29) is 11.9 Å². The number of amides is 1. The molecule has 2 rings (SSSR count). The fourth-order valence-corrected chi connectivity index (χ4v) is 1.18. The van der Waals surface area contributed by atoms with Gasteiger partial charge in [-0.05, 0) is 6.07 Å². The summed E-state index contributed by atoms with van der Waals surface area (Å²) in [6.07, 6.45) is 1.60. The number of carbonyl (C=O) groups excluding carboxylic acids is 1. The minimum absolute atomic E-state index is 0.0895. The Bertz CT molecular complexity index is 317. The average molecular weight is 181 g/mol. The van der Waals surface area contributed by atoms with Crippen LogP contribution >= 0.6 is 0 Å². The largest absolute Gasteiger partial charge is 0.377 e. The van der Waals surface area contributed by atoms with E-state index < -0.39 is 0 Å². The number of rotatable bonds is 2. The highest BCUT2D eigenvalue weighted by Gasteiger charge is 2.21. The van der Waals surface area contributed by atoms with Crippen LogP contribution in [-0.2, 0) is 11.8 Å². The fraction of sp³-hybridized carbons (Fsp3) is 0.500. The molecule has 0 saturated carbocycles. The number of aryl methyl sites for hydroxylation is 1. The summed E-state index contributed by atoms with van der Waals surface area (Å²) < 4.78 is 6.50. The second-order valence-electron chi connectivity index (χ2n) is 3.05. The van der Waals surface area contributed by atoms with Gasteiger partial charge in [-0.15, -0.1) is 0 Å². The first-order chi connectivity index (χ1) is 6.27. The van der Waals surface area contributed by atoms with Crippen molar-refractivity contribution in [1.29, 1.82) is 0 Å². The van der Waals surface area contributed by atoms with Gasteiger partial charge in [0.2, 0.25) is 0 Å². The second-order valence-corrected chi connectivity index (χ2v) is 3.05. The predicted octanol–water partition coefficient (Wildman–Crippen LogP) is -0.451. The smallest absolute Gasteiger partial charge is 0.269 e. The molecule has 1 aliphatic heterocycles. The molecule has 1 N–H and O–H groups in total. The van der Waals surface area contributed by atoms with Crippen molar-refractivity contribution in [3.8, 4) is 0 Å². The SMILES string of the molecule is Cn1nccc1C(=O)NC1COC1. The number of nitrogens with one attached hydrogen (secondary N) is 1. The highest BCUT2D eigenvalue weighted by molar-refractivity contribution is 5.92. The van der Waals surface area contributed by atoms with Gasteiger partial charge in [0.25, 0.3) is 5.91 Å². The van der Waals surface area contributed by atoms with E-state index in [2.05, 4.69) is 10.4 Å². The molecule has 70 valence electrons. The summed E-state index contributed by atoms with van der Waals surface area (Å²) in [6.45, 7) is 1.23. The van der Waals surface area contributed by atoms with Crippen molar-refractivity contribution >= 4 is 5.91 Å². The molecule has 0 aromatic carbocycles. The van der Waals surface area contributed by atoms with Crippen LogP contribution in [0.4, 0.5) is 0 Å². The summed E-state index contributed by atoms with van der Waals surface area (Å²) in [6, 6.07) is 1.86. The van der Waals surface area contributed by atoms with Crippen LogP contribution in [0.3, 0.4) is 0 Å². The number of hydrogen-bond donors (Lipinski definition) is 1. The molecule has 0 unspecified atom stereocenters. The lowest BCUT2D eigenvalue weighted by Crippen LogP contribution is -2.48. The molecule has 0 atom stereocenters. The van der Waals surface area contributed by atoms with Gasteiger partial charge in [0.1, 0.15) is 5.69 Å². The summed E-state index contributed by atoms with van der Waals surface area (Å²) in [5.74, 6) is -0.0895. The van der Waals surface area contributed by atoms with Crippen molar-refractivity contribution in [3.63, 3.8) is 0 Å². The third-order valence-electron chi connectivity index (χ3n) is 2.03. The molecule has 1 amide bonds. The van der Waals surface area contributed by atoms with Gasteiger partial charge in [-0.3, -0.25) is 9.48 Å². The molecule has 13 heavy (non-hydrogen) atoms. The Kier molecular flexibility index (Phi) is 2.02. The monoisotopic (exact) mass is 181 g/mol. The lowest BCUT2D eigenvalue weighted by atomic mass is 10.2. The van der Waals surface area contributed by atoms with E-state index >= 15 is 0 Å². The van der Waals surface area contributed by atoms with E-state index in [1.54, 1.807) is 24.0 Å². The van der Waals surface area contributed by atoms with E-state index in [9.17, 15) is 4.79 Å². The normalized spacial score (nSPS) is 16.7. The molecular formula is C8H11N3O2. The molecule has 2 heterocycles.